The molecule has 0 saturated carbocycles. The molecule has 4 nitrogen and oxygen atoms in total. The van der Waals surface area contributed by atoms with Crippen LogP contribution in [0.15, 0.2) is 34.7 Å². The van der Waals surface area contributed by atoms with Crippen molar-refractivity contribution in [3.05, 3.63) is 36.1 Å². The van der Waals surface area contributed by atoms with Crippen LogP contribution < -0.4 is 5.32 Å². The second-order valence-corrected chi connectivity index (χ2v) is 4.92. The largest absolute Gasteiger partial charge is 0.451 e. The lowest BCUT2D eigenvalue weighted by atomic mass is 10.0. The molecule has 1 N–H and O–H groups in total. The summed E-state index contributed by atoms with van der Waals surface area (Å²) in [6.45, 7) is 3.97. The van der Waals surface area contributed by atoms with Crippen LogP contribution in [0.3, 0.4) is 0 Å². The lowest BCUT2D eigenvalue weighted by Crippen LogP contribution is -2.36. The Hall–Kier alpha value is -2.10. The lowest BCUT2D eigenvalue weighted by molar-refractivity contribution is 0.0917. The highest BCUT2D eigenvalue weighted by Crippen LogP contribution is 2.18. The van der Waals surface area contributed by atoms with Crippen LogP contribution in [-0.2, 0) is 4.79 Å². The fourth-order valence-electron chi connectivity index (χ4n) is 1.93. The van der Waals surface area contributed by atoms with Crippen molar-refractivity contribution >= 4 is 23.2 Å². The summed E-state index contributed by atoms with van der Waals surface area (Å²) in [7, 11) is 0. The zero-order valence-electron chi connectivity index (χ0n) is 11.0. The summed E-state index contributed by atoms with van der Waals surface area (Å²) < 4.78 is 5.44. The molecule has 2 rings (SSSR count). The van der Waals surface area contributed by atoms with Crippen LogP contribution in [0.2, 0.25) is 0 Å². The van der Waals surface area contributed by atoms with Crippen molar-refractivity contribution in [1.82, 2.24) is 5.32 Å². The van der Waals surface area contributed by atoms with E-state index in [9.17, 15) is 9.59 Å². The highest BCUT2D eigenvalue weighted by atomic mass is 16.3. The van der Waals surface area contributed by atoms with Crippen molar-refractivity contribution in [2.75, 3.05) is 0 Å². The Morgan fingerprint density at radius 3 is 2.74 bits per heavy atom. The van der Waals surface area contributed by atoms with Gasteiger partial charge in [0.1, 0.15) is 5.58 Å². The SMILES string of the molecule is CC(C)C[C@@H]([C]=O)NC(=O)c1cc2ccccc2o1. The van der Waals surface area contributed by atoms with Crippen LogP contribution in [0.5, 0.6) is 0 Å². The molecule has 4 heteroatoms. The van der Waals surface area contributed by atoms with E-state index in [0.717, 1.165) is 5.39 Å². The minimum Gasteiger partial charge on any atom is -0.451 e. The molecule has 0 bridgehead atoms. The summed E-state index contributed by atoms with van der Waals surface area (Å²) >= 11 is 0. The fourth-order valence-corrected chi connectivity index (χ4v) is 1.93. The van der Waals surface area contributed by atoms with Gasteiger partial charge in [0.25, 0.3) is 5.91 Å². The Kier molecular flexibility index (Phi) is 4.00. The number of nitrogens with one attached hydrogen (secondary N) is 1. The number of hydrogen-bond donors (Lipinski definition) is 1. The molecule has 1 aromatic carbocycles. The van der Waals surface area contributed by atoms with E-state index in [1.165, 1.54) is 0 Å². The number of carbonyl (C=O) groups is 1. The average molecular weight is 258 g/mol. The van der Waals surface area contributed by atoms with Crippen molar-refractivity contribution in [1.29, 1.82) is 0 Å². The third kappa shape index (κ3) is 3.22. The van der Waals surface area contributed by atoms with Crippen LogP contribution in [0.4, 0.5) is 0 Å². The van der Waals surface area contributed by atoms with Crippen molar-refractivity contribution in [3.63, 3.8) is 0 Å². The number of rotatable bonds is 5. The predicted octanol–water partition coefficient (Wildman–Crippen LogP) is 2.69. The molecule has 0 aliphatic rings. The molecule has 1 atom stereocenters. The third-order valence-electron chi connectivity index (χ3n) is 2.80. The van der Waals surface area contributed by atoms with E-state index in [2.05, 4.69) is 5.32 Å². The Morgan fingerprint density at radius 2 is 2.11 bits per heavy atom. The monoisotopic (exact) mass is 258 g/mol. The third-order valence-corrected chi connectivity index (χ3v) is 2.80. The Bertz CT molecular complexity index is 553. The van der Waals surface area contributed by atoms with E-state index < -0.39 is 6.04 Å². The van der Waals surface area contributed by atoms with Crippen molar-refractivity contribution < 1.29 is 14.0 Å². The van der Waals surface area contributed by atoms with Gasteiger partial charge in [-0.25, -0.2) is 0 Å². The normalized spacial score (nSPS) is 12.6. The first kappa shape index (κ1) is 13.3. The smallest absolute Gasteiger partial charge is 0.287 e. The van der Waals surface area contributed by atoms with E-state index in [0.29, 0.717) is 17.9 Å². The van der Waals surface area contributed by atoms with Crippen molar-refractivity contribution in [3.8, 4) is 0 Å². The summed E-state index contributed by atoms with van der Waals surface area (Å²) in [5, 5.41) is 3.48. The van der Waals surface area contributed by atoms with Gasteiger partial charge in [-0.3, -0.25) is 9.59 Å². The molecule has 0 saturated heterocycles. The quantitative estimate of drug-likeness (QED) is 0.897. The van der Waals surface area contributed by atoms with Gasteiger partial charge < -0.3 is 9.73 Å². The molecule has 1 aromatic heterocycles. The fraction of sp³-hybridized carbons (Fsp3) is 0.333. The molecule has 1 heterocycles. The van der Waals surface area contributed by atoms with Gasteiger partial charge in [0, 0.05) is 5.39 Å². The van der Waals surface area contributed by atoms with Gasteiger partial charge in [-0.2, -0.15) is 0 Å². The highest BCUT2D eigenvalue weighted by Gasteiger charge is 2.18. The Labute approximate surface area is 111 Å². The zero-order chi connectivity index (χ0) is 13.8. The average Bonchev–Trinajstić information content (AvgIpc) is 2.81. The van der Waals surface area contributed by atoms with Crippen molar-refractivity contribution in [2.45, 2.75) is 26.3 Å². The molecule has 0 unspecified atom stereocenters. The summed E-state index contributed by atoms with van der Waals surface area (Å²) in [6.07, 6.45) is 2.41. The topological polar surface area (TPSA) is 59.3 Å². The van der Waals surface area contributed by atoms with Gasteiger partial charge in [0.05, 0.1) is 6.04 Å². The lowest BCUT2D eigenvalue weighted by Gasteiger charge is -2.12. The van der Waals surface area contributed by atoms with Crippen LogP contribution >= 0.6 is 0 Å². The summed E-state index contributed by atoms with van der Waals surface area (Å²) in [6, 6.07) is 8.45. The minimum atomic E-state index is -0.597. The number of hydrogen-bond acceptors (Lipinski definition) is 3. The summed E-state index contributed by atoms with van der Waals surface area (Å²) in [5.41, 5.74) is 0.656. The maximum Gasteiger partial charge on any atom is 0.287 e. The molecule has 0 aliphatic heterocycles. The van der Waals surface area contributed by atoms with E-state index >= 15 is 0 Å². The van der Waals surface area contributed by atoms with Crippen LogP contribution in [-0.4, -0.2) is 18.2 Å². The number of benzene rings is 1. The van der Waals surface area contributed by atoms with E-state index in [1.54, 1.807) is 12.1 Å². The standard InChI is InChI=1S/C15H16NO3/c1-10(2)7-12(9-17)16-15(18)14-8-11-5-3-4-6-13(11)19-14/h3-6,8,10,12H,7H2,1-2H3,(H,16,18)/t12-/m0/s1. The van der Waals surface area contributed by atoms with Gasteiger partial charge >= 0.3 is 0 Å². The highest BCUT2D eigenvalue weighted by molar-refractivity contribution is 5.97. The second kappa shape index (κ2) is 5.69. The van der Waals surface area contributed by atoms with Gasteiger partial charge in [-0.15, -0.1) is 0 Å². The molecular formula is C15H16NO3. The van der Waals surface area contributed by atoms with Gasteiger partial charge in [-0.1, -0.05) is 32.0 Å². The number of carbonyl (C=O) groups excluding carboxylic acids is 2. The molecule has 19 heavy (non-hydrogen) atoms. The molecule has 0 aliphatic carbocycles. The predicted molar refractivity (Wildman–Crippen MR) is 72.6 cm³/mol. The summed E-state index contributed by atoms with van der Waals surface area (Å²) in [4.78, 5) is 22.8. The Balaban J connectivity index is 2.12. The number of furan rings is 1. The Morgan fingerprint density at radius 1 is 1.37 bits per heavy atom. The molecule has 1 amide bonds. The van der Waals surface area contributed by atoms with Crippen LogP contribution in [0, 0.1) is 5.92 Å². The molecule has 1 radical (unpaired) electrons. The van der Waals surface area contributed by atoms with E-state index in [-0.39, 0.29) is 11.7 Å². The first-order valence-corrected chi connectivity index (χ1v) is 6.27. The number of fused-ring (bicyclic) bond motifs is 1. The summed E-state index contributed by atoms with van der Waals surface area (Å²) in [5.74, 6) is 0.137. The molecule has 0 fully saturated rings. The van der Waals surface area contributed by atoms with E-state index in [1.807, 2.05) is 38.3 Å². The number of para-hydroxylation sites is 1. The molecular weight excluding hydrogens is 242 g/mol. The van der Waals surface area contributed by atoms with Gasteiger partial charge in [0.15, 0.2) is 5.76 Å². The van der Waals surface area contributed by atoms with Crippen LogP contribution in [0.25, 0.3) is 11.0 Å². The van der Waals surface area contributed by atoms with Gasteiger partial charge in [0.2, 0.25) is 6.29 Å². The second-order valence-electron chi connectivity index (χ2n) is 4.92. The first-order chi connectivity index (χ1) is 9.10. The maximum absolute atomic E-state index is 12.0. The van der Waals surface area contributed by atoms with Crippen molar-refractivity contribution in [2.24, 2.45) is 5.92 Å². The number of amides is 1. The van der Waals surface area contributed by atoms with E-state index in [4.69, 9.17) is 4.42 Å². The first-order valence-electron chi connectivity index (χ1n) is 6.27. The zero-order valence-corrected chi connectivity index (χ0v) is 11.0. The maximum atomic E-state index is 12.0. The molecule has 2 aromatic rings. The molecule has 99 valence electrons. The molecule has 0 spiro atoms. The van der Waals surface area contributed by atoms with Gasteiger partial charge in [-0.05, 0) is 24.5 Å². The minimum absolute atomic E-state index is 0.213. The van der Waals surface area contributed by atoms with Crippen LogP contribution in [0.1, 0.15) is 30.8 Å².